The molecule has 0 radical (unpaired) electrons. The van der Waals surface area contributed by atoms with Crippen molar-refractivity contribution in [3.63, 3.8) is 0 Å². The molecule has 0 saturated carbocycles. The third-order valence-electron chi connectivity index (χ3n) is 5.41. The van der Waals surface area contributed by atoms with E-state index in [1.54, 1.807) is 18.6 Å². The van der Waals surface area contributed by atoms with Gasteiger partial charge in [-0.3, -0.25) is 4.79 Å². The van der Waals surface area contributed by atoms with Gasteiger partial charge in [0.25, 0.3) is 0 Å². The molecule has 4 rings (SSSR count). The summed E-state index contributed by atoms with van der Waals surface area (Å²) >= 11 is 0. The molecule has 3 amide bonds. The van der Waals surface area contributed by atoms with Gasteiger partial charge in [-0.1, -0.05) is 6.07 Å². The van der Waals surface area contributed by atoms with Crippen LogP contribution in [0.1, 0.15) is 26.3 Å². The Balaban J connectivity index is 1.20. The summed E-state index contributed by atoms with van der Waals surface area (Å²) in [7, 11) is 0. The SMILES string of the molecule is CC(C)n1ncc2cc(NC(=O)NCCC(=O)N3CCN(c4ccccn4)CC3)cnc21. The lowest BCUT2D eigenvalue weighted by Crippen LogP contribution is -2.49. The minimum absolute atomic E-state index is 0.0372. The molecule has 10 nitrogen and oxygen atoms in total. The number of nitrogens with one attached hydrogen (secondary N) is 2. The predicted octanol–water partition coefficient (Wildman–Crippen LogP) is 2.27. The van der Waals surface area contributed by atoms with Gasteiger partial charge < -0.3 is 20.4 Å². The van der Waals surface area contributed by atoms with Crippen LogP contribution in [-0.4, -0.2) is 69.3 Å². The molecule has 0 unspecified atom stereocenters. The number of carbonyl (C=O) groups is 2. The average Bonchev–Trinajstić information content (AvgIpc) is 3.23. The fourth-order valence-electron chi connectivity index (χ4n) is 3.73. The van der Waals surface area contributed by atoms with Crippen molar-refractivity contribution < 1.29 is 9.59 Å². The first kappa shape index (κ1) is 21.5. The number of aromatic nitrogens is 4. The largest absolute Gasteiger partial charge is 0.353 e. The molecule has 32 heavy (non-hydrogen) atoms. The number of urea groups is 1. The Morgan fingerprint density at radius 1 is 1.09 bits per heavy atom. The van der Waals surface area contributed by atoms with Crippen LogP contribution in [0.5, 0.6) is 0 Å². The molecule has 0 bridgehead atoms. The Bertz CT molecular complexity index is 1070. The summed E-state index contributed by atoms with van der Waals surface area (Å²) < 4.78 is 1.83. The molecule has 0 aromatic carbocycles. The highest BCUT2D eigenvalue weighted by Gasteiger charge is 2.21. The van der Waals surface area contributed by atoms with Gasteiger partial charge in [-0.25, -0.2) is 19.4 Å². The fourth-order valence-corrected chi connectivity index (χ4v) is 3.73. The van der Waals surface area contributed by atoms with Gasteiger partial charge in [0, 0.05) is 56.8 Å². The third kappa shape index (κ3) is 4.96. The van der Waals surface area contributed by atoms with Crippen molar-refractivity contribution >= 4 is 34.5 Å². The van der Waals surface area contributed by atoms with Crippen LogP contribution in [0.15, 0.2) is 42.9 Å². The normalized spacial score (nSPS) is 14.1. The van der Waals surface area contributed by atoms with Crippen LogP contribution in [0.3, 0.4) is 0 Å². The van der Waals surface area contributed by atoms with Crippen LogP contribution >= 0.6 is 0 Å². The fraction of sp³-hybridized carbons (Fsp3) is 0.409. The number of anilines is 2. The Kier molecular flexibility index (Phi) is 6.48. The van der Waals surface area contributed by atoms with Crippen LogP contribution in [0.25, 0.3) is 11.0 Å². The van der Waals surface area contributed by atoms with E-state index in [0.717, 1.165) is 29.9 Å². The summed E-state index contributed by atoms with van der Waals surface area (Å²) in [6.45, 7) is 7.14. The molecule has 3 aromatic heterocycles. The number of nitrogens with zero attached hydrogens (tertiary/aromatic N) is 6. The maximum Gasteiger partial charge on any atom is 0.319 e. The van der Waals surface area contributed by atoms with E-state index < -0.39 is 0 Å². The first-order valence-corrected chi connectivity index (χ1v) is 10.8. The second kappa shape index (κ2) is 9.63. The molecule has 1 aliphatic rings. The Morgan fingerprint density at radius 2 is 1.91 bits per heavy atom. The van der Waals surface area contributed by atoms with Crippen molar-refractivity contribution in [1.29, 1.82) is 0 Å². The average molecular weight is 437 g/mol. The highest BCUT2D eigenvalue weighted by atomic mass is 16.2. The molecular weight excluding hydrogens is 408 g/mol. The standard InChI is InChI=1S/C22H28N8O2/c1-16(2)30-21-17(14-26-30)13-18(15-25-21)27-22(32)24-8-6-20(31)29-11-9-28(10-12-29)19-5-3-4-7-23-19/h3-5,7,13-16H,6,8-12H2,1-2H3,(H2,24,27,32). The first-order chi connectivity index (χ1) is 15.5. The van der Waals surface area contributed by atoms with Crippen molar-refractivity contribution in [3.05, 3.63) is 42.9 Å². The lowest BCUT2D eigenvalue weighted by Gasteiger charge is -2.35. The van der Waals surface area contributed by atoms with Crippen LogP contribution in [0.4, 0.5) is 16.3 Å². The van der Waals surface area contributed by atoms with Crippen LogP contribution < -0.4 is 15.5 Å². The highest BCUT2D eigenvalue weighted by molar-refractivity contribution is 5.91. The van der Waals surface area contributed by atoms with E-state index in [0.29, 0.717) is 18.8 Å². The number of hydrogen-bond donors (Lipinski definition) is 2. The molecule has 1 aliphatic heterocycles. The molecule has 2 N–H and O–H groups in total. The molecule has 3 aromatic rings. The van der Waals surface area contributed by atoms with Crippen molar-refractivity contribution in [2.45, 2.75) is 26.3 Å². The number of fused-ring (bicyclic) bond motifs is 1. The van der Waals surface area contributed by atoms with Gasteiger partial charge in [0.2, 0.25) is 5.91 Å². The molecule has 1 saturated heterocycles. The summed E-state index contributed by atoms with van der Waals surface area (Å²) in [4.78, 5) is 37.5. The second-order valence-corrected chi connectivity index (χ2v) is 8.01. The second-order valence-electron chi connectivity index (χ2n) is 8.01. The zero-order chi connectivity index (χ0) is 22.5. The van der Waals surface area contributed by atoms with E-state index in [-0.39, 0.29) is 30.9 Å². The van der Waals surface area contributed by atoms with Gasteiger partial charge in [0.05, 0.1) is 18.1 Å². The summed E-state index contributed by atoms with van der Waals surface area (Å²) in [5.74, 6) is 0.970. The molecule has 0 aliphatic carbocycles. The topological polar surface area (TPSA) is 108 Å². The van der Waals surface area contributed by atoms with Gasteiger partial charge in [-0.15, -0.1) is 0 Å². The zero-order valence-corrected chi connectivity index (χ0v) is 18.4. The minimum Gasteiger partial charge on any atom is -0.353 e. The van der Waals surface area contributed by atoms with Crippen molar-refractivity contribution in [2.75, 3.05) is 42.9 Å². The zero-order valence-electron chi connectivity index (χ0n) is 18.4. The molecule has 10 heteroatoms. The first-order valence-electron chi connectivity index (χ1n) is 10.8. The van der Waals surface area contributed by atoms with E-state index in [1.807, 2.05) is 47.7 Å². The van der Waals surface area contributed by atoms with Crippen LogP contribution in [0, 0.1) is 0 Å². The van der Waals surface area contributed by atoms with Gasteiger partial charge in [0.15, 0.2) is 5.65 Å². The van der Waals surface area contributed by atoms with E-state index in [2.05, 4.69) is 30.6 Å². The van der Waals surface area contributed by atoms with Gasteiger partial charge in [-0.05, 0) is 32.0 Å². The molecule has 168 valence electrons. The van der Waals surface area contributed by atoms with Crippen LogP contribution in [0.2, 0.25) is 0 Å². The summed E-state index contributed by atoms with van der Waals surface area (Å²) in [6.07, 6.45) is 5.37. The monoisotopic (exact) mass is 436 g/mol. The molecular formula is C22H28N8O2. The van der Waals surface area contributed by atoms with E-state index in [1.165, 1.54) is 0 Å². The maximum atomic E-state index is 12.5. The maximum absolute atomic E-state index is 12.5. The number of pyridine rings is 2. The Hall–Kier alpha value is -3.69. The molecule has 0 spiro atoms. The predicted molar refractivity (Wildman–Crippen MR) is 123 cm³/mol. The smallest absolute Gasteiger partial charge is 0.319 e. The highest BCUT2D eigenvalue weighted by Crippen LogP contribution is 2.19. The number of rotatable bonds is 6. The Morgan fingerprint density at radius 3 is 2.62 bits per heavy atom. The lowest BCUT2D eigenvalue weighted by molar-refractivity contribution is -0.131. The van der Waals surface area contributed by atoms with Gasteiger partial charge in [0.1, 0.15) is 5.82 Å². The third-order valence-corrected chi connectivity index (χ3v) is 5.41. The van der Waals surface area contributed by atoms with Gasteiger partial charge >= 0.3 is 6.03 Å². The Labute approximate surface area is 186 Å². The summed E-state index contributed by atoms with van der Waals surface area (Å²) in [6, 6.07) is 7.50. The number of hydrogen-bond acceptors (Lipinski definition) is 6. The quantitative estimate of drug-likeness (QED) is 0.614. The number of piperazine rings is 1. The molecule has 1 fully saturated rings. The lowest BCUT2D eigenvalue weighted by atomic mass is 10.2. The van der Waals surface area contributed by atoms with E-state index in [4.69, 9.17) is 0 Å². The number of carbonyl (C=O) groups excluding carboxylic acids is 2. The molecule has 0 atom stereocenters. The van der Waals surface area contributed by atoms with Crippen molar-refractivity contribution in [1.82, 2.24) is 30.0 Å². The summed E-state index contributed by atoms with van der Waals surface area (Å²) in [5.41, 5.74) is 1.36. The minimum atomic E-state index is -0.366. The molecule has 4 heterocycles. The van der Waals surface area contributed by atoms with E-state index >= 15 is 0 Å². The number of amides is 3. The van der Waals surface area contributed by atoms with E-state index in [9.17, 15) is 9.59 Å². The summed E-state index contributed by atoms with van der Waals surface area (Å²) in [5, 5.41) is 10.7. The van der Waals surface area contributed by atoms with Crippen molar-refractivity contribution in [2.24, 2.45) is 0 Å². The van der Waals surface area contributed by atoms with Gasteiger partial charge in [-0.2, -0.15) is 5.10 Å². The van der Waals surface area contributed by atoms with Crippen LogP contribution in [-0.2, 0) is 4.79 Å². The van der Waals surface area contributed by atoms with Crippen molar-refractivity contribution in [3.8, 4) is 0 Å².